The van der Waals surface area contributed by atoms with Crippen molar-refractivity contribution in [3.63, 3.8) is 0 Å². The summed E-state index contributed by atoms with van der Waals surface area (Å²) in [5.41, 5.74) is 0.735. The van der Waals surface area contributed by atoms with Crippen LogP contribution in [0.25, 0.3) is 0 Å². The van der Waals surface area contributed by atoms with E-state index in [0.717, 1.165) is 5.56 Å². The van der Waals surface area contributed by atoms with E-state index in [1.807, 2.05) is 36.4 Å². The highest BCUT2D eigenvalue weighted by molar-refractivity contribution is 5.85. The number of hydrogen-bond donors (Lipinski definition) is 3. The third kappa shape index (κ3) is 5.36. The van der Waals surface area contributed by atoms with Crippen LogP contribution >= 0.6 is 0 Å². The molecule has 164 valence electrons. The number of anilines is 1. The first-order valence-electron chi connectivity index (χ1n) is 10.0. The average molecular weight is 432 g/mol. The van der Waals surface area contributed by atoms with E-state index in [9.17, 15) is 15.0 Å². The molecule has 0 fully saturated rings. The highest BCUT2D eigenvalue weighted by atomic mass is 16.5. The van der Waals surface area contributed by atoms with E-state index in [2.05, 4.69) is 5.32 Å². The maximum Gasteiger partial charge on any atom is 0.333 e. The summed E-state index contributed by atoms with van der Waals surface area (Å²) in [5.74, 6) is -0.331. The molecule has 7 nitrogen and oxygen atoms in total. The molecule has 1 unspecified atom stereocenters. The topological polar surface area (TPSA) is 112 Å². The Morgan fingerprint density at radius 3 is 2.41 bits per heavy atom. The molecule has 3 N–H and O–H groups in total. The molecule has 0 heterocycles. The summed E-state index contributed by atoms with van der Waals surface area (Å²) in [7, 11) is 0. The van der Waals surface area contributed by atoms with Gasteiger partial charge in [0.05, 0.1) is 18.2 Å². The van der Waals surface area contributed by atoms with Crippen LogP contribution in [0.3, 0.4) is 0 Å². The molecule has 0 spiro atoms. The minimum Gasteiger partial charge on any atom is -0.491 e. The second-order valence-corrected chi connectivity index (χ2v) is 7.25. The molecule has 0 aromatic heterocycles. The second kappa shape index (κ2) is 10.3. The molecule has 0 aliphatic carbocycles. The van der Waals surface area contributed by atoms with Gasteiger partial charge in [-0.1, -0.05) is 30.3 Å². The molecule has 0 radical (unpaired) electrons. The molecule has 3 aromatic rings. The molecule has 3 aromatic carbocycles. The molecule has 0 bridgehead atoms. The normalized spacial score (nSPS) is 12.3. The Morgan fingerprint density at radius 1 is 1.06 bits per heavy atom. The van der Waals surface area contributed by atoms with Gasteiger partial charge in [-0.25, -0.2) is 4.79 Å². The molecule has 1 atom stereocenters. The zero-order valence-corrected chi connectivity index (χ0v) is 17.6. The van der Waals surface area contributed by atoms with Crippen LogP contribution in [0.5, 0.6) is 11.5 Å². The van der Waals surface area contributed by atoms with Crippen LogP contribution in [0, 0.1) is 11.3 Å². The van der Waals surface area contributed by atoms with Crippen molar-refractivity contribution >= 4 is 11.7 Å². The third-order valence-electron chi connectivity index (χ3n) is 4.92. The fraction of sp³-hybridized carbons (Fsp3) is 0.200. The Hall–Kier alpha value is -4.02. The Kier molecular flexibility index (Phi) is 7.32. The number of aliphatic carboxylic acids is 1. The van der Waals surface area contributed by atoms with Gasteiger partial charge >= 0.3 is 5.97 Å². The van der Waals surface area contributed by atoms with Crippen LogP contribution in [-0.2, 0) is 16.9 Å². The van der Waals surface area contributed by atoms with Crippen molar-refractivity contribution in [2.45, 2.75) is 19.1 Å². The summed E-state index contributed by atoms with van der Waals surface area (Å²) >= 11 is 0. The van der Waals surface area contributed by atoms with Crippen molar-refractivity contribution in [2.24, 2.45) is 0 Å². The number of hydrogen-bond acceptors (Lipinski definition) is 6. The number of carboxylic acids is 1. The van der Waals surface area contributed by atoms with Gasteiger partial charge in [-0.05, 0) is 55.0 Å². The summed E-state index contributed by atoms with van der Waals surface area (Å²) in [4.78, 5) is 12.4. The van der Waals surface area contributed by atoms with Crippen LogP contribution in [-0.4, -0.2) is 29.4 Å². The maximum atomic E-state index is 12.4. The van der Waals surface area contributed by atoms with Gasteiger partial charge in [-0.3, -0.25) is 0 Å². The lowest BCUT2D eigenvalue weighted by Gasteiger charge is -2.30. The minimum atomic E-state index is -1.58. The molecule has 3 rings (SSSR count). The fourth-order valence-corrected chi connectivity index (χ4v) is 3.16. The smallest absolute Gasteiger partial charge is 0.333 e. The Morgan fingerprint density at radius 2 is 1.78 bits per heavy atom. The van der Waals surface area contributed by atoms with Gasteiger partial charge in [-0.15, -0.1) is 0 Å². The lowest BCUT2D eigenvalue weighted by Crippen LogP contribution is -2.41. The minimum absolute atomic E-state index is 0.0176. The Labute approximate surface area is 186 Å². The number of nitriles is 1. The lowest BCUT2D eigenvalue weighted by molar-refractivity contribution is -0.142. The van der Waals surface area contributed by atoms with E-state index < -0.39 is 11.5 Å². The maximum absolute atomic E-state index is 12.4. The number of ether oxygens (including phenoxy) is 2. The van der Waals surface area contributed by atoms with Crippen LogP contribution in [0.4, 0.5) is 5.69 Å². The lowest BCUT2D eigenvalue weighted by atomic mass is 9.90. The molecule has 32 heavy (non-hydrogen) atoms. The third-order valence-corrected chi connectivity index (χ3v) is 4.92. The standard InChI is InChI=1S/C25H24N2O5/c1-25(24(29)30,27-20-9-7-18(16-26)8-10-20)22-15-21(11-12-23(22)31-14-13-28)32-17-19-5-3-2-4-6-19/h2-12,15,27-28H,13-14,17H2,1H3,(H,29,30). The van der Waals surface area contributed by atoms with E-state index in [1.165, 1.54) is 6.92 Å². The molecule has 7 heteroatoms. The number of nitrogens with zero attached hydrogens (tertiary/aromatic N) is 1. The molecular formula is C25H24N2O5. The monoisotopic (exact) mass is 432 g/mol. The van der Waals surface area contributed by atoms with E-state index >= 15 is 0 Å². The Bertz CT molecular complexity index is 1090. The molecule has 0 aliphatic rings. The fourth-order valence-electron chi connectivity index (χ4n) is 3.16. The van der Waals surface area contributed by atoms with E-state index in [0.29, 0.717) is 34.9 Å². The SMILES string of the molecule is CC(Nc1ccc(C#N)cc1)(C(=O)O)c1cc(OCc2ccccc2)ccc1OCCO. The number of nitrogens with one attached hydrogen (secondary N) is 1. The van der Waals surface area contributed by atoms with Crippen LogP contribution in [0.2, 0.25) is 0 Å². The van der Waals surface area contributed by atoms with E-state index in [-0.39, 0.29) is 13.2 Å². The molecule has 0 amide bonds. The zero-order chi connectivity index (χ0) is 23.0. The Balaban J connectivity index is 1.96. The predicted octanol–water partition coefficient (Wildman–Crippen LogP) is 3.92. The van der Waals surface area contributed by atoms with Gasteiger partial charge in [0.1, 0.15) is 24.7 Å². The first kappa shape index (κ1) is 22.7. The quantitative estimate of drug-likeness (QED) is 0.445. The second-order valence-electron chi connectivity index (χ2n) is 7.25. The number of aliphatic hydroxyl groups excluding tert-OH is 1. The summed E-state index contributed by atoms with van der Waals surface area (Å²) in [6, 6.07) is 23.1. The highest BCUT2D eigenvalue weighted by Gasteiger charge is 2.38. The molecular weight excluding hydrogens is 408 g/mol. The molecule has 0 aliphatic heterocycles. The first-order chi connectivity index (χ1) is 15.5. The highest BCUT2D eigenvalue weighted by Crippen LogP contribution is 2.36. The van der Waals surface area contributed by atoms with Crippen molar-refractivity contribution < 1.29 is 24.5 Å². The van der Waals surface area contributed by atoms with Gasteiger partial charge in [-0.2, -0.15) is 5.26 Å². The number of rotatable bonds is 10. The summed E-state index contributed by atoms with van der Waals surface area (Å²) in [6.07, 6.45) is 0. The predicted molar refractivity (Wildman–Crippen MR) is 120 cm³/mol. The van der Waals surface area contributed by atoms with Gasteiger partial charge in [0.25, 0.3) is 0 Å². The van der Waals surface area contributed by atoms with Crippen molar-refractivity contribution in [2.75, 3.05) is 18.5 Å². The zero-order valence-electron chi connectivity index (χ0n) is 17.6. The first-order valence-corrected chi connectivity index (χ1v) is 10.0. The van der Waals surface area contributed by atoms with Crippen LogP contribution in [0.15, 0.2) is 72.8 Å². The summed E-state index contributed by atoms with van der Waals surface area (Å²) < 4.78 is 11.5. The van der Waals surface area contributed by atoms with Gasteiger partial charge in [0.15, 0.2) is 5.54 Å². The molecule has 0 saturated heterocycles. The van der Waals surface area contributed by atoms with E-state index in [1.54, 1.807) is 42.5 Å². The van der Waals surface area contributed by atoms with Crippen molar-refractivity contribution in [1.82, 2.24) is 0 Å². The summed E-state index contributed by atoms with van der Waals surface area (Å²) in [5, 5.41) is 31.3. The number of carbonyl (C=O) groups is 1. The number of benzene rings is 3. The summed E-state index contributed by atoms with van der Waals surface area (Å²) in [6.45, 7) is 1.65. The van der Waals surface area contributed by atoms with Crippen LogP contribution in [0.1, 0.15) is 23.6 Å². The van der Waals surface area contributed by atoms with Gasteiger partial charge in [0, 0.05) is 11.3 Å². The van der Waals surface area contributed by atoms with Crippen molar-refractivity contribution in [3.8, 4) is 17.6 Å². The largest absolute Gasteiger partial charge is 0.491 e. The van der Waals surface area contributed by atoms with Gasteiger partial charge < -0.3 is 25.0 Å². The van der Waals surface area contributed by atoms with Crippen LogP contribution < -0.4 is 14.8 Å². The molecule has 0 saturated carbocycles. The van der Waals surface area contributed by atoms with Gasteiger partial charge in [0.2, 0.25) is 0 Å². The van der Waals surface area contributed by atoms with Crippen molar-refractivity contribution in [1.29, 1.82) is 5.26 Å². The average Bonchev–Trinajstić information content (AvgIpc) is 2.82. The van der Waals surface area contributed by atoms with Crippen molar-refractivity contribution in [3.05, 3.63) is 89.5 Å². The number of carboxylic acid groups (broad SMARTS) is 1. The number of aliphatic hydroxyl groups is 1. The van der Waals surface area contributed by atoms with E-state index in [4.69, 9.17) is 14.7 Å².